The standard InChI is InChI=1S/C11H23O8P/c1-4-6-15-18-20(12,19-16-7-5-2)9-11-14-8-10(13-3)17-11/h10-11H,4-9H2,1-3H3. The molecule has 1 aliphatic heterocycles. The first-order chi connectivity index (χ1) is 9.63. The second-order valence-electron chi connectivity index (χ2n) is 4.15. The van der Waals surface area contributed by atoms with E-state index < -0.39 is 20.2 Å². The van der Waals surface area contributed by atoms with Crippen LogP contribution in [0.1, 0.15) is 26.7 Å². The first kappa shape index (κ1) is 18.0. The molecule has 2 atom stereocenters. The second kappa shape index (κ2) is 9.81. The van der Waals surface area contributed by atoms with E-state index in [0.717, 1.165) is 12.8 Å². The molecule has 9 heteroatoms. The summed E-state index contributed by atoms with van der Waals surface area (Å²) in [5, 5.41) is 0. The minimum absolute atomic E-state index is 0.139. The average Bonchev–Trinajstić information content (AvgIpc) is 2.87. The summed E-state index contributed by atoms with van der Waals surface area (Å²) >= 11 is 0. The summed E-state index contributed by atoms with van der Waals surface area (Å²) < 4.78 is 37.7. The molecule has 1 rings (SSSR count). The Hall–Kier alpha value is -0.0500. The molecule has 120 valence electrons. The zero-order chi connectivity index (χ0) is 14.8. The average molecular weight is 314 g/mol. The number of hydrogen-bond donors (Lipinski definition) is 0. The lowest BCUT2D eigenvalue weighted by atomic mass is 10.5. The van der Waals surface area contributed by atoms with Crippen molar-refractivity contribution in [1.82, 2.24) is 0 Å². The summed E-state index contributed by atoms with van der Waals surface area (Å²) in [6, 6.07) is 0. The Labute approximate surface area is 118 Å². The van der Waals surface area contributed by atoms with E-state index in [9.17, 15) is 4.57 Å². The molecule has 0 aromatic carbocycles. The quantitative estimate of drug-likeness (QED) is 0.248. The molecule has 8 nitrogen and oxygen atoms in total. The van der Waals surface area contributed by atoms with Gasteiger partial charge in [0, 0.05) is 7.11 Å². The van der Waals surface area contributed by atoms with Gasteiger partial charge >= 0.3 is 7.60 Å². The number of methoxy groups -OCH3 is 1. The van der Waals surface area contributed by atoms with Crippen LogP contribution in [0.5, 0.6) is 0 Å². The molecule has 0 bridgehead atoms. The van der Waals surface area contributed by atoms with Gasteiger partial charge in [-0.1, -0.05) is 13.8 Å². The van der Waals surface area contributed by atoms with E-state index in [1.807, 2.05) is 13.8 Å². The molecule has 0 saturated carbocycles. The van der Waals surface area contributed by atoms with Gasteiger partial charge in [-0.3, -0.25) is 4.57 Å². The third-order valence-corrected chi connectivity index (χ3v) is 3.68. The second-order valence-corrected chi connectivity index (χ2v) is 6.04. The Kier molecular flexibility index (Phi) is 8.83. The lowest BCUT2D eigenvalue weighted by molar-refractivity contribution is -0.268. The van der Waals surface area contributed by atoms with Crippen molar-refractivity contribution < 1.29 is 37.9 Å². The van der Waals surface area contributed by atoms with Crippen LogP contribution in [0, 0.1) is 0 Å². The smallest absolute Gasteiger partial charge is 0.353 e. The lowest BCUT2D eigenvalue weighted by Crippen LogP contribution is -2.19. The summed E-state index contributed by atoms with van der Waals surface area (Å²) in [7, 11) is -2.12. The summed E-state index contributed by atoms with van der Waals surface area (Å²) in [6.07, 6.45) is 0.0684. The van der Waals surface area contributed by atoms with Crippen LogP contribution < -0.4 is 0 Å². The van der Waals surface area contributed by atoms with Crippen LogP contribution in [0.4, 0.5) is 0 Å². The van der Waals surface area contributed by atoms with Gasteiger partial charge in [0.2, 0.25) is 0 Å². The van der Waals surface area contributed by atoms with E-state index in [1.165, 1.54) is 7.11 Å². The van der Waals surface area contributed by atoms with Crippen LogP contribution >= 0.6 is 7.60 Å². The normalized spacial score (nSPS) is 23.4. The van der Waals surface area contributed by atoms with Gasteiger partial charge < -0.3 is 14.2 Å². The molecule has 1 heterocycles. The Bertz CT molecular complexity index is 286. The fraction of sp³-hybridized carbons (Fsp3) is 1.00. The summed E-state index contributed by atoms with van der Waals surface area (Å²) in [4.78, 5) is 9.66. The van der Waals surface area contributed by atoms with Crippen LogP contribution in [-0.2, 0) is 37.9 Å². The van der Waals surface area contributed by atoms with Gasteiger partial charge in [-0.2, -0.15) is 0 Å². The lowest BCUT2D eigenvalue weighted by Gasteiger charge is -2.18. The molecule has 0 aromatic rings. The predicted octanol–water partition coefficient (Wildman–Crippen LogP) is 2.24. The highest BCUT2D eigenvalue weighted by Crippen LogP contribution is 2.50. The number of hydrogen-bond acceptors (Lipinski definition) is 8. The highest BCUT2D eigenvalue weighted by Gasteiger charge is 2.37. The molecule has 0 aromatic heterocycles. The monoisotopic (exact) mass is 314 g/mol. The molecule has 1 fully saturated rings. The topological polar surface area (TPSA) is 81.7 Å². The van der Waals surface area contributed by atoms with Crippen molar-refractivity contribution in [3.05, 3.63) is 0 Å². The summed E-state index contributed by atoms with van der Waals surface area (Å²) in [5.41, 5.74) is 0. The molecular weight excluding hydrogens is 291 g/mol. The Balaban J connectivity index is 2.46. The van der Waals surface area contributed by atoms with Gasteiger partial charge in [0.25, 0.3) is 0 Å². The molecule has 0 aliphatic carbocycles. The molecular formula is C11H23O8P. The van der Waals surface area contributed by atoms with Crippen molar-refractivity contribution in [3.8, 4) is 0 Å². The maximum Gasteiger partial charge on any atom is 0.389 e. The Morgan fingerprint density at radius 1 is 1.15 bits per heavy atom. The zero-order valence-corrected chi connectivity index (χ0v) is 13.0. The van der Waals surface area contributed by atoms with E-state index in [4.69, 9.17) is 33.3 Å². The minimum Gasteiger partial charge on any atom is -0.353 e. The molecule has 20 heavy (non-hydrogen) atoms. The van der Waals surface area contributed by atoms with Gasteiger partial charge in [0.05, 0.1) is 13.2 Å². The van der Waals surface area contributed by atoms with Crippen LogP contribution in [0.3, 0.4) is 0 Å². The maximum absolute atomic E-state index is 12.4. The van der Waals surface area contributed by atoms with E-state index >= 15 is 0 Å². The fourth-order valence-electron chi connectivity index (χ4n) is 1.31. The first-order valence-electron chi connectivity index (χ1n) is 6.65. The Morgan fingerprint density at radius 3 is 2.20 bits per heavy atom. The van der Waals surface area contributed by atoms with Crippen molar-refractivity contribution in [1.29, 1.82) is 0 Å². The van der Waals surface area contributed by atoms with Gasteiger partial charge in [0.15, 0.2) is 12.6 Å². The molecule has 1 saturated heterocycles. The SMILES string of the molecule is CCCOOP(=O)(CC1OCC(OC)O1)OOCCC. The third-order valence-electron chi connectivity index (χ3n) is 2.26. The fourth-order valence-corrected chi connectivity index (χ4v) is 2.48. The van der Waals surface area contributed by atoms with Gasteiger partial charge in [-0.25, -0.2) is 9.78 Å². The molecule has 0 radical (unpaired) electrons. The van der Waals surface area contributed by atoms with Crippen LogP contribution in [0.15, 0.2) is 0 Å². The zero-order valence-electron chi connectivity index (χ0n) is 12.1. The number of rotatable bonds is 11. The molecule has 0 spiro atoms. The van der Waals surface area contributed by atoms with Crippen LogP contribution in [0.25, 0.3) is 0 Å². The molecule has 1 aliphatic rings. The summed E-state index contributed by atoms with van der Waals surface area (Å²) in [5.74, 6) is 0. The van der Waals surface area contributed by atoms with E-state index in [1.54, 1.807) is 0 Å². The largest absolute Gasteiger partial charge is 0.389 e. The third kappa shape index (κ3) is 6.60. The Morgan fingerprint density at radius 2 is 1.75 bits per heavy atom. The van der Waals surface area contributed by atoms with Crippen molar-refractivity contribution in [2.45, 2.75) is 39.3 Å². The maximum atomic E-state index is 12.4. The van der Waals surface area contributed by atoms with Crippen molar-refractivity contribution in [3.63, 3.8) is 0 Å². The van der Waals surface area contributed by atoms with E-state index in [2.05, 4.69) is 0 Å². The van der Waals surface area contributed by atoms with Gasteiger partial charge in [0.1, 0.15) is 12.8 Å². The van der Waals surface area contributed by atoms with Crippen molar-refractivity contribution in [2.75, 3.05) is 33.1 Å². The first-order valence-corrected chi connectivity index (χ1v) is 8.37. The molecule has 0 N–H and O–H groups in total. The van der Waals surface area contributed by atoms with E-state index in [-0.39, 0.29) is 12.8 Å². The van der Waals surface area contributed by atoms with Gasteiger partial charge in [-0.15, -0.1) is 9.35 Å². The summed E-state index contributed by atoms with van der Waals surface area (Å²) in [6.45, 7) is 4.65. The predicted molar refractivity (Wildman–Crippen MR) is 68.8 cm³/mol. The highest BCUT2D eigenvalue weighted by molar-refractivity contribution is 7.53. The minimum atomic E-state index is -3.61. The molecule has 0 amide bonds. The highest BCUT2D eigenvalue weighted by atomic mass is 31.2. The van der Waals surface area contributed by atoms with Crippen LogP contribution in [-0.4, -0.2) is 45.7 Å². The number of ether oxygens (including phenoxy) is 3. The molecule has 2 unspecified atom stereocenters. The van der Waals surface area contributed by atoms with Crippen LogP contribution in [0.2, 0.25) is 0 Å². The van der Waals surface area contributed by atoms with Crippen molar-refractivity contribution in [2.24, 2.45) is 0 Å². The van der Waals surface area contributed by atoms with E-state index in [0.29, 0.717) is 13.2 Å². The van der Waals surface area contributed by atoms with Crippen molar-refractivity contribution >= 4 is 7.60 Å². The van der Waals surface area contributed by atoms with Gasteiger partial charge in [-0.05, 0) is 12.8 Å².